The Morgan fingerprint density at radius 3 is 2.67 bits per heavy atom. The number of rotatable bonds is 7. The molecule has 0 saturated carbocycles. The van der Waals surface area contributed by atoms with Crippen molar-refractivity contribution in [3.63, 3.8) is 0 Å². The van der Waals surface area contributed by atoms with Crippen molar-refractivity contribution in [1.82, 2.24) is 5.43 Å². The molecule has 0 aliphatic carbocycles. The lowest BCUT2D eigenvalue weighted by atomic mass is 10.2. The fourth-order valence-corrected chi connectivity index (χ4v) is 2.34. The first kappa shape index (κ1) is 18.1. The summed E-state index contributed by atoms with van der Waals surface area (Å²) in [6, 6.07) is 12.2. The number of phenolic OH excluding ortho intramolecular Hbond substituents is 1. The number of hydrogen-bond donors (Lipinski definition) is 2. The van der Waals surface area contributed by atoms with Gasteiger partial charge < -0.3 is 14.6 Å². The molecule has 0 saturated heterocycles. The molecule has 2 N–H and O–H groups in total. The number of amides is 1. The molecule has 6 nitrogen and oxygen atoms in total. The highest BCUT2D eigenvalue weighted by Gasteiger charge is 2.06. The quantitative estimate of drug-likeness (QED) is 0.394. The van der Waals surface area contributed by atoms with Crippen LogP contribution in [-0.4, -0.2) is 30.4 Å². The van der Waals surface area contributed by atoms with Crippen LogP contribution in [0, 0.1) is 3.57 Å². The third-order valence-corrected chi connectivity index (χ3v) is 3.56. The summed E-state index contributed by atoms with van der Waals surface area (Å²) in [6.45, 7) is 2.19. The Kier molecular flexibility index (Phi) is 6.86. The van der Waals surface area contributed by atoms with Crippen molar-refractivity contribution < 1.29 is 19.4 Å². The van der Waals surface area contributed by atoms with Crippen LogP contribution in [0.1, 0.15) is 12.5 Å². The molecule has 0 unspecified atom stereocenters. The first-order valence-electron chi connectivity index (χ1n) is 7.25. The van der Waals surface area contributed by atoms with Crippen LogP contribution < -0.4 is 14.9 Å². The van der Waals surface area contributed by atoms with Crippen molar-refractivity contribution in [3.8, 4) is 17.2 Å². The van der Waals surface area contributed by atoms with Crippen LogP contribution in [-0.2, 0) is 4.79 Å². The lowest BCUT2D eigenvalue weighted by Gasteiger charge is -2.10. The molecule has 0 atom stereocenters. The number of halogens is 1. The highest BCUT2D eigenvalue weighted by atomic mass is 127. The number of ether oxygens (including phenoxy) is 2. The van der Waals surface area contributed by atoms with E-state index in [-0.39, 0.29) is 12.4 Å². The monoisotopic (exact) mass is 440 g/mol. The summed E-state index contributed by atoms with van der Waals surface area (Å²) in [5, 5.41) is 13.5. The van der Waals surface area contributed by atoms with Crippen LogP contribution in [0.25, 0.3) is 0 Å². The molecule has 0 aliphatic heterocycles. The lowest BCUT2D eigenvalue weighted by molar-refractivity contribution is -0.123. The smallest absolute Gasteiger partial charge is 0.277 e. The van der Waals surface area contributed by atoms with E-state index >= 15 is 0 Å². The van der Waals surface area contributed by atoms with Crippen molar-refractivity contribution in [2.75, 3.05) is 13.2 Å². The van der Waals surface area contributed by atoms with Crippen LogP contribution in [0.4, 0.5) is 0 Å². The van der Waals surface area contributed by atoms with E-state index in [1.807, 2.05) is 13.0 Å². The molecule has 0 fully saturated rings. The number of nitrogens with zero attached hydrogens (tertiary/aromatic N) is 1. The molecule has 7 heteroatoms. The SMILES string of the molecule is CCOc1ccccc1OCC(=O)N/N=C\c1cc(I)ccc1O. The molecule has 2 aromatic carbocycles. The van der Waals surface area contributed by atoms with Gasteiger partial charge in [0.25, 0.3) is 5.91 Å². The van der Waals surface area contributed by atoms with Gasteiger partial charge in [-0.3, -0.25) is 4.79 Å². The van der Waals surface area contributed by atoms with Crippen molar-refractivity contribution in [2.45, 2.75) is 6.92 Å². The van der Waals surface area contributed by atoms with Gasteiger partial charge in [-0.1, -0.05) is 12.1 Å². The van der Waals surface area contributed by atoms with E-state index in [0.29, 0.717) is 23.7 Å². The number of carbonyl (C=O) groups is 1. The minimum absolute atomic E-state index is 0.0929. The zero-order valence-corrected chi connectivity index (χ0v) is 15.2. The first-order chi connectivity index (χ1) is 11.6. The van der Waals surface area contributed by atoms with Gasteiger partial charge in [0.1, 0.15) is 5.75 Å². The van der Waals surface area contributed by atoms with E-state index in [2.05, 4.69) is 33.1 Å². The normalized spacial score (nSPS) is 10.6. The number of benzene rings is 2. The highest BCUT2D eigenvalue weighted by Crippen LogP contribution is 2.26. The fraction of sp³-hybridized carbons (Fsp3) is 0.176. The van der Waals surface area contributed by atoms with Crippen LogP contribution in [0.2, 0.25) is 0 Å². The number of hydrogen-bond acceptors (Lipinski definition) is 5. The van der Waals surface area contributed by atoms with Gasteiger partial charge in [-0.25, -0.2) is 5.43 Å². The summed E-state index contributed by atoms with van der Waals surface area (Å²) in [4.78, 5) is 11.8. The van der Waals surface area contributed by atoms with E-state index in [0.717, 1.165) is 3.57 Å². The summed E-state index contributed by atoms with van der Waals surface area (Å²) >= 11 is 2.12. The van der Waals surface area contributed by atoms with Gasteiger partial charge in [0.05, 0.1) is 12.8 Å². The molecule has 0 radical (unpaired) electrons. The molecule has 2 rings (SSSR count). The number of phenols is 1. The molecular formula is C17H17IN2O4. The zero-order chi connectivity index (χ0) is 17.4. The maximum Gasteiger partial charge on any atom is 0.277 e. The topological polar surface area (TPSA) is 80.2 Å². The standard InChI is InChI=1S/C17H17IN2O4/c1-2-23-15-5-3-4-6-16(15)24-11-17(22)20-19-10-12-9-13(18)7-8-14(12)21/h3-10,21H,2,11H2,1H3,(H,20,22)/b19-10-. The van der Waals surface area contributed by atoms with Crippen molar-refractivity contribution in [2.24, 2.45) is 5.10 Å². The van der Waals surface area contributed by atoms with Gasteiger partial charge in [-0.15, -0.1) is 0 Å². The van der Waals surface area contributed by atoms with E-state index in [4.69, 9.17) is 9.47 Å². The highest BCUT2D eigenvalue weighted by molar-refractivity contribution is 14.1. The molecule has 1 amide bonds. The maximum absolute atomic E-state index is 11.8. The Labute approximate surface area is 153 Å². The van der Waals surface area contributed by atoms with E-state index < -0.39 is 5.91 Å². The maximum atomic E-state index is 11.8. The molecule has 0 aromatic heterocycles. The second-order valence-electron chi connectivity index (χ2n) is 4.66. The molecule has 2 aromatic rings. The van der Waals surface area contributed by atoms with Gasteiger partial charge in [0, 0.05) is 9.13 Å². The molecule has 0 bridgehead atoms. The van der Waals surface area contributed by atoms with Gasteiger partial charge in [-0.2, -0.15) is 5.10 Å². The van der Waals surface area contributed by atoms with E-state index in [1.54, 1.807) is 36.4 Å². The number of carbonyl (C=O) groups excluding carboxylic acids is 1. The summed E-state index contributed by atoms with van der Waals surface area (Å²) in [7, 11) is 0. The molecule has 0 spiro atoms. The summed E-state index contributed by atoms with van der Waals surface area (Å²) in [5.74, 6) is 0.756. The minimum atomic E-state index is -0.414. The average Bonchev–Trinajstić information content (AvgIpc) is 2.57. The largest absolute Gasteiger partial charge is 0.507 e. The third kappa shape index (κ3) is 5.41. The van der Waals surface area contributed by atoms with Gasteiger partial charge in [0.15, 0.2) is 18.1 Å². The first-order valence-corrected chi connectivity index (χ1v) is 8.33. The Balaban J connectivity index is 1.88. The number of aromatic hydroxyl groups is 1. The average molecular weight is 440 g/mol. The summed E-state index contributed by atoms with van der Waals surface area (Å²) < 4.78 is 11.8. The predicted octanol–water partition coefficient (Wildman–Crippen LogP) is 2.92. The van der Waals surface area contributed by atoms with Crippen LogP contribution >= 0.6 is 22.6 Å². The van der Waals surface area contributed by atoms with E-state index in [9.17, 15) is 9.90 Å². The van der Waals surface area contributed by atoms with Gasteiger partial charge in [-0.05, 0) is 59.8 Å². The Bertz CT molecular complexity index is 734. The molecule has 126 valence electrons. The predicted molar refractivity (Wildman–Crippen MR) is 99.7 cm³/mol. The van der Waals surface area contributed by atoms with Crippen molar-refractivity contribution in [3.05, 3.63) is 51.6 Å². The Hall–Kier alpha value is -2.29. The van der Waals surface area contributed by atoms with Crippen LogP contribution in [0.3, 0.4) is 0 Å². The number of para-hydroxylation sites is 2. The molecule has 0 aliphatic rings. The Morgan fingerprint density at radius 1 is 1.25 bits per heavy atom. The Morgan fingerprint density at radius 2 is 1.96 bits per heavy atom. The molecular weight excluding hydrogens is 423 g/mol. The van der Waals surface area contributed by atoms with Crippen LogP contribution in [0.5, 0.6) is 17.2 Å². The second kappa shape index (κ2) is 9.11. The van der Waals surface area contributed by atoms with Crippen LogP contribution in [0.15, 0.2) is 47.6 Å². The summed E-state index contributed by atoms with van der Waals surface area (Å²) in [6.07, 6.45) is 1.38. The summed E-state index contributed by atoms with van der Waals surface area (Å²) in [5.41, 5.74) is 2.87. The van der Waals surface area contributed by atoms with Gasteiger partial charge in [0.2, 0.25) is 0 Å². The number of hydrazone groups is 1. The van der Waals surface area contributed by atoms with Crippen molar-refractivity contribution in [1.29, 1.82) is 0 Å². The third-order valence-electron chi connectivity index (χ3n) is 2.89. The van der Waals surface area contributed by atoms with E-state index in [1.165, 1.54) is 6.21 Å². The lowest BCUT2D eigenvalue weighted by Crippen LogP contribution is -2.24. The molecule has 0 heterocycles. The fourth-order valence-electron chi connectivity index (χ4n) is 1.82. The van der Waals surface area contributed by atoms with Crippen molar-refractivity contribution >= 4 is 34.7 Å². The minimum Gasteiger partial charge on any atom is -0.507 e. The van der Waals surface area contributed by atoms with Gasteiger partial charge >= 0.3 is 0 Å². The molecule has 24 heavy (non-hydrogen) atoms. The number of nitrogens with one attached hydrogen (secondary N) is 1. The zero-order valence-electron chi connectivity index (χ0n) is 13.0. The second-order valence-corrected chi connectivity index (χ2v) is 5.91.